The Balaban J connectivity index is 1.98. The predicted octanol–water partition coefficient (Wildman–Crippen LogP) is 5.18. The molecule has 9 heteroatoms. The van der Waals surface area contributed by atoms with Gasteiger partial charge in [-0.15, -0.1) is 11.3 Å². The van der Waals surface area contributed by atoms with Gasteiger partial charge in [0.05, 0.1) is 33.2 Å². The summed E-state index contributed by atoms with van der Waals surface area (Å²) in [5.74, 6) is -0.425. The number of carbonyl (C=O) groups is 1. The second kappa shape index (κ2) is 8.17. The van der Waals surface area contributed by atoms with Crippen molar-refractivity contribution in [1.82, 2.24) is 0 Å². The van der Waals surface area contributed by atoms with Crippen LogP contribution in [-0.2, 0) is 11.2 Å². The van der Waals surface area contributed by atoms with Gasteiger partial charge in [-0.05, 0) is 37.5 Å². The Kier molecular flexibility index (Phi) is 5.56. The van der Waals surface area contributed by atoms with E-state index in [0.29, 0.717) is 36.2 Å². The van der Waals surface area contributed by atoms with Crippen LogP contribution >= 0.6 is 22.9 Å². The minimum absolute atomic E-state index is 0.0375. The summed E-state index contributed by atoms with van der Waals surface area (Å²) < 4.78 is 0. The number of allylic oxidation sites excluding steroid dienone is 3. The van der Waals surface area contributed by atoms with E-state index >= 15 is 0 Å². The third-order valence-corrected chi connectivity index (χ3v) is 7.22. The molecule has 1 unspecified atom stereocenters. The van der Waals surface area contributed by atoms with Gasteiger partial charge < -0.3 is 5.73 Å². The number of thiophene rings is 1. The number of halogens is 1. The molecule has 158 valence electrons. The molecular weight excluding hydrogens is 436 g/mol. The number of nitrogens with two attached hydrogens (primary N) is 1. The molecule has 0 saturated carbocycles. The van der Waals surface area contributed by atoms with E-state index in [1.165, 1.54) is 18.2 Å². The maximum Gasteiger partial charge on any atom is 0.271 e. The average Bonchev–Trinajstić information content (AvgIpc) is 3.22. The molecule has 1 aromatic carbocycles. The molecule has 0 fully saturated rings. The molecule has 2 aliphatic rings. The molecule has 7 nitrogen and oxygen atoms in total. The van der Waals surface area contributed by atoms with E-state index in [-0.39, 0.29) is 27.9 Å². The third-order valence-electron chi connectivity index (χ3n) is 5.61. The van der Waals surface area contributed by atoms with E-state index < -0.39 is 10.8 Å². The Morgan fingerprint density at radius 1 is 1.35 bits per heavy atom. The lowest BCUT2D eigenvalue weighted by atomic mass is 9.78. The highest BCUT2D eigenvalue weighted by Gasteiger charge is 2.41. The van der Waals surface area contributed by atoms with Crippen LogP contribution in [0.25, 0.3) is 0 Å². The summed E-state index contributed by atoms with van der Waals surface area (Å²) in [4.78, 5) is 27.5. The molecule has 31 heavy (non-hydrogen) atoms. The van der Waals surface area contributed by atoms with Gasteiger partial charge in [0.2, 0.25) is 0 Å². The highest BCUT2D eigenvalue weighted by atomic mass is 35.5. The molecule has 1 aliphatic heterocycles. The molecule has 0 amide bonds. The van der Waals surface area contributed by atoms with Crippen LogP contribution in [0.3, 0.4) is 0 Å². The molecule has 2 aromatic rings. The summed E-state index contributed by atoms with van der Waals surface area (Å²) in [5, 5.41) is 21.6. The number of rotatable bonds is 4. The SMILES string of the molecule is CCc1ccc(C2C(C#N)=C(N)N(c3cc([N+](=O)[O-])ccc3Cl)C3=C2C(=O)CCC3)s1. The van der Waals surface area contributed by atoms with Crippen molar-refractivity contribution in [2.75, 3.05) is 4.90 Å². The van der Waals surface area contributed by atoms with Gasteiger partial charge >= 0.3 is 0 Å². The van der Waals surface area contributed by atoms with Crippen molar-refractivity contribution in [2.24, 2.45) is 5.73 Å². The van der Waals surface area contributed by atoms with Crippen molar-refractivity contribution in [2.45, 2.75) is 38.5 Å². The number of aryl methyl sites for hydroxylation is 1. The number of carbonyl (C=O) groups excluding carboxylic acids is 1. The first-order valence-corrected chi connectivity index (χ1v) is 11.1. The standard InChI is InChI=1S/C22H19ClN4O3S/c1-2-13-7-9-19(31-13)20-14(11-24)22(25)26(16-4-3-5-18(28)21(16)20)17-10-12(27(29)30)6-8-15(17)23/h6-10,20H,2-5,25H2,1H3. The topological polar surface area (TPSA) is 113 Å². The minimum atomic E-state index is -0.535. The first kappa shape index (κ1) is 21.1. The van der Waals surface area contributed by atoms with Gasteiger partial charge in [-0.1, -0.05) is 18.5 Å². The molecule has 1 atom stereocenters. The maximum atomic E-state index is 13.1. The van der Waals surface area contributed by atoms with Gasteiger partial charge in [0, 0.05) is 39.6 Å². The third kappa shape index (κ3) is 3.50. The Hall–Kier alpha value is -3.15. The second-order valence-corrected chi connectivity index (χ2v) is 8.97. The van der Waals surface area contributed by atoms with Gasteiger partial charge in [0.15, 0.2) is 5.78 Å². The number of hydrogen-bond acceptors (Lipinski definition) is 7. The average molecular weight is 455 g/mol. The van der Waals surface area contributed by atoms with Crippen molar-refractivity contribution in [3.8, 4) is 6.07 Å². The molecule has 4 rings (SSSR count). The number of Topliss-reactive ketones (excluding diaryl/α,β-unsaturated/α-hetero) is 1. The number of anilines is 1. The van der Waals surface area contributed by atoms with Crippen molar-refractivity contribution in [1.29, 1.82) is 5.26 Å². The van der Waals surface area contributed by atoms with Crippen molar-refractivity contribution < 1.29 is 9.72 Å². The number of nitrogens with zero attached hydrogens (tertiary/aromatic N) is 3. The normalized spacial score (nSPS) is 18.8. The molecule has 2 N–H and O–H groups in total. The van der Waals surface area contributed by atoms with E-state index in [9.17, 15) is 20.2 Å². The number of nitro groups is 1. The molecule has 1 aliphatic carbocycles. The first-order valence-electron chi connectivity index (χ1n) is 9.86. The number of non-ortho nitro benzene ring substituents is 1. The van der Waals surface area contributed by atoms with Crippen molar-refractivity contribution in [3.63, 3.8) is 0 Å². The monoisotopic (exact) mass is 454 g/mol. The number of ketones is 1. The smallest absolute Gasteiger partial charge is 0.271 e. The van der Waals surface area contributed by atoms with Crippen LogP contribution in [0.1, 0.15) is 41.9 Å². The predicted molar refractivity (Wildman–Crippen MR) is 120 cm³/mol. The molecule has 2 heterocycles. The lowest BCUT2D eigenvalue weighted by Crippen LogP contribution is -2.38. The molecule has 0 spiro atoms. The highest BCUT2D eigenvalue weighted by molar-refractivity contribution is 7.12. The second-order valence-electron chi connectivity index (χ2n) is 7.37. The minimum Gasteiger partial charge on any atom is -0.384 e. The van der Waals surface area contributed by atoms with Crippen LogP contribution in [0.2, 0.25) is 5.02 Å². The van der Waals surface area contributed by atoms with Crippen molar-refractivity contribution in [3.05, 3.63) is 77.9 Å². The Morgan fingerprint density at radius 3 is 2.77 bits per heavy atom. The Labute approximate surface area is 188 Å². The van der Waals surface area contributed by atoms with Crippen LogP contribution in [-0.4, -0.2) is 10.7 Å². The molecule has 0 bridgehead atoms. The van der Waals surface area contributed by atoms with E-state index in [1.807, 2.05) is 19.1 Å². The lowest BCUT2D eigenvalue weighted by Gasteiger charge is -2.39. The van der Waals surface area contributed by atoms with Crippen LogP contribution < -0.4 is 10.6 Å². The number of benzene rings is 1. The summed E-state index contributed by atoms with van der Waals surface area (Å²) in [5.41, 5.74) is 8.08. The van der Waals surface area contributed by atoms with Crippen LogP contribution in [0.4, 0.5) is 11.4 Å². The summed E-state index contributed by atoms with van der Waals surface area (Å²) in [7, 11) is 0. The Bertz CT molecular complexity index is 1210. The quantitative estimate of drug-likeness (QED) is 0.503. The zero-order valence-corrected chi connectivity index (χ0v) is 18.3. The number of hydrogen-bond donors (Lipinski definition) is 1. The van der Waals surface area contributed by atoms with Gasteiger partial charge in [0.1, 0.15) is 5.82 Å². The molecule has 1 aromatic heterocycles. The van der Waals surface area contributed by atoms with E-state index in [0.717, 1.165) is 16.2 Å². The first-order chi connectivity index (χ1) is 14.9. The summed E-state index contributed by atoms with van der Waals surface area (Å²) in [6.07, 6.45) is 2.43. The summed E-state index contributed by atoms with van der Waals surface area (Å²) in [6.45, 7) is 2.05. The lowest BCUT2D eigenvalue weighted by molar-refractivity contribution is -0.384. The molecule has 0 radical (unpaired) electrons. The van der Waals surface area contributed by atoms with E-state index in [4.69, 9.17) is 17.3 Å². The van der Waals surface area contributed by atoms with Gasteiger partial charge in [0.25, 0.3) is 5.69 Å². The van der Waals surface area contributed by atoms with Gasteiger partial charge in [-0.2, -0.15) is 5.26 Å². The fraction of sp³-hybridized carbons (Fsp3) is 0.273. The molecule has 0 saturated heterocycles. The van der Waals surface area contributed by atoms with E-state index in [1.54, 1.807) is 16.2 Å². The van der Waals surface area contributed by atoms with Crippen LogP contribution in [0.5, 0.6) is 0 Å². The Morgan fingerprint density at radius 2 is 2.13 bits per heavy atom. The van der Waals surface area contributed by atoms with Crippen LogP contribution in [0.15, 0.2) is 53.0 Å². The fourth-order valence-electron chi connectivity index (χ4n) is 4.17. The van der Waals surface area contributed by atoms with Gasteiger partial charge in [-0.3, -0.25) is 19.8 Å². The molecular formula is C22H19ClN4O3S. The van der Waals surface area contributed by atoms with Crippen LogP contribution in [0, 0.1) is 21.4 Å². The zero-order chi connectivity index (χ0) is 22.3. The summed E-state index contributed by atoms with van der Waals surface area (Å²) in [6, 6.07) is 10.2. The maximum absolute atomic E-state index is 13.1. The number of nitriles is 1. The largest absolute Gasteiger partial charge is 0.384 e. The van der Waals surface area contributed by atoms with Gasteiger partial charge in [-0.25, -0.2) is 0 Å². The highest BCUT2D eigenvalue weighted by Crippen LogP contribution is 2.49. The fourth-order valence-corrected chi connectivity index (χ4v) is 5.45. The van der Waals surface area contributed by atoms with Crippen molar-refractivity contribution >= 4 is 40.1 Å². The summed E-state index contributed by atoms with van der Waals surface area (Å²) >= 11 is 7.97. The number of nitro benzene ring substituents is 1. The van der Waals surface area contributed by atoms with E-state index in [2.05, 4.69) is 6.07 Å². The zero-order valence-electron chi connectivity index (χ0n) is 16.7.